The molecule has 0 fully saturated rings. The molecule has 7 heteroatoms. The summed E-state index contributed by atoms with van der Waals surface area (Å²) in [6, 6.07) is 4.04. The third-order valence-electron chi connectivity index (χ3n) is 4.73. The Balaban J connectivity index is 1.52. The van der Waals surface area contributed by atoms with Crippen LogP contribution >= 0.6 is 34.4 Å². The van der Waals surface area contributed by atoms with E-state index in [9.17, 15) is 4.79 Å². The van der Waals surface area contributed by atoms with Crippen LogP contribution in [0.25, 0.3) is 10.2 Å². The van der Waals surface area contributed by atoms with Crippen LogP contribution in [0.5, 0.6) is 0 Å². The molecule has 4 rings (SSSR count). The van der Waals surface area contributed by atoms with E-state index in [-0.39, 0.29) is 11.2 Å². The zero-order valence-electron chi connectivity index (χ0n) is 14.8. The summed E-state index contributed by atoms with van der Waals surface area (Å²) in [7, 11) is 0. The third-order valence-corrected chi connectivity index (χ3v) is 7.87. The highest BCUT2D eigenvalue weighted by Crippen LogP contribution is 2.41. The van der Waals surface area contributed by atoms with E-state index < -0.39 is 0 Å². The maximum atomic E-state index is 12.5. The number of thiophene rings is 2. The lowest BCUT2D eigenvalue weighted by Crippen LogP contribution is -2.30. The van der Waals surface area contributed by atoms with Gasteiger partial charge in [0.2, 0.25) is 5.91 Å². The molecule has 3 aromatic heterocycles. The summed E-state index contributed by atoms with van der Waals surface area (Å²) >= 11 is 5.00. The van der Waals surface area contributed by atoms with Crippen LogP contribution in [0.1, 0.15) is 35.6 Å². The van der Waals surface area contributed by atoms with E-state index in [0.29, 0.717) is 6.54 Å². The van der Waals surface area contributed by atoms with Gasteiger partial charge in [-0.15, -0.1) is 22.7 Å². The zero-order valence-corrected chi connectivity index (χ0v) is 17.3. The van der Waals surface area contributed by atoms with E-state index in [1.54, 1.807) is 40.8 Å². The predicted molar refractivity (Wildman–Crippen MR) is 110 cm³/mol. The van der Waals surface area contributed by atoms with Crippen molar-refractivity contribution in [1.29, 1.82) is 0 Å². The number of hydrogen-bond acceptors (Lipinski definition) is 6. The van der Waals surface area contributed by atoms with Gasteiger partial charge in [0.05, 0.1) is 11.8 Å². The van der Waals surface area contributed by atoms with Crippen molar-refractivity contribution in [3.63, 3.8) is 0 Å². The average Bonchev–Trinajstić information content (AvgIpc) is 3.26. The lowest BCUT2D eigenvalue weighted by atomic mass is 9.89. The van der Waals surface area contributed by atoms with Crippen LogP contribution in [0.2, 0.25) is 0 Å². The molecule has 26 heavy (non-hydrogen) atoms. The molecule has 0 saturated heterocycles. The second kappa shape index (κ2) is 7.66. The lowest BCUT2D eigenvalue weighted by molar-refractivity contribution is -0.120. The molecule has 1 aliphatic carbocycles. The number of rotatable bonds is 5. The van der Waals surface area contributed by atoms with Crippen molar-refractivity contribution in [2.24, 2.45) is 5.92 Å². The molecular formula is C19H21N3OS3. The first-order chi connectivity index (χ1) is 12.6. The van der Waals surface area contributed by atoms with Gasteiger partial charge in [0.15, 0.2) is 0 Å². The molecular weight excluding hydrogens is 382 g/mol. The highest BCUT2D eigenvalue weighted by atomic mass is 32.2. The summed E-state index contributed by atoms with van der Waals surface area (Å²) in [5.41, 5.74) is 1.41. The van der Waals surface area contributed by atoms with Gasteiger partial charge < -0.3 is 5.32 Å². The third kappa shape index (κ3) is 3.66. The molecule has 4 nitrogen and oxygen atoms in total. The van der Waals surface area contributed by atoms with Gasteiger partial charge in [-0.2, -0.15) is 0 Å². The molecule has 3 aromatic rings. The first-order valence-electron chi connectivity index (χ1n) is 8.84. The first kappa shape index (κ1) is 17.9. The van der Waals surface area contributed by atoms with Crippen LogP contribution in [-0.2, 0) is 24.2 Å². The highest BCUT2D eigenvalue weighted by Gasteiger charge is 2.25. The van der Waals surface area contributed by atoms with Crippen molar-refractivity contribution in [3.8, 4) is 0 Å². The highest BCUT2D eigenvalue weighted by molar-refractivity contribution is 8.00. The van der Waals surface area contributed by atoms with E-state index in [1.807, 2.05) is 24.4 Å². The van der Waals surface area contributed by atoms with E-state index in [4.69, 9.17) is 0 Å². The van der Waals surface area contributed by atoms with Crippen molar-refractivity contribution in [2.75, 3.05) is 0 Å². The number of nitrogens with zero attached hydrogens (tertiary/aromatic N) is 2. The van der Waals surface area contributed by atoms with Crippen molar-refractivity contribution >= 4 is 50.6 Å². The maximum absolute atomic E-state index is 12.5. The van der Waals surface area contributed by atoms with Gasteiger partial charge >= 0.3 is 0 Å². The Hall–Kier alpha value is -1.44. The fraction of sp³-hybridized carbons (Fsp3) is 0.421. The summed E-state index contributed by atoms with van der Waals surface area (Å²) in [5.74, 6) is 0.787. The van der Waals surface area contributed by atoms with E-state index in [0.717, 1.165) is 28.6 Å². The van der Waals surface area contributed by atoms with Crippen molar-refractivity contribution < 1.29 is 4.79 Å². The van der Waals surface area contributed by atoms with E-state index >= 15 is 0 Å². The topological polar surface area (TPSA) is 54.9 Å². The minimum absolute atomic E-state index is 0.0490. The first-order valence-corrected chi connectivity index (χ1v) is 11.4. The number of hydrogen-bond donors (Lipinski definition) is 1. The Kier molecular flexibility index (Phi) is 5.29. The Bertz CT molecular complexity index is 920. The fourth-order valence-corrected chi connectivity index (χ4v) is 6.32. The second-order valence-corrected chi connectivity index (χ2v) is 10.2. The molecule has 1 aliphatic rings. The van der Waals surface area contributed by atoms with Crippen molar-refractivity contribution in [3.05, 3.63) is 39.2 Å². The molecule has 0 bridgehead atoms. The Labute approximate surface area is 165 Å². The van der Waals surface area contributed by atoms with Gasteiger partial charge in [0.25, 0.3) is 0 Å². The molecule has 0 saturated carbocycles. The molecule has 1 N–H and O–H groups in total. The minimum Gasteiger partial charge on any atom is -0.350 e. The number of fused-ring (bicyclic) bond motifs is 3. The summed E-state index contributed by atoms with van der Waals surface area (Å²) in [6.07, 6.45) is 5.08. The molecule has 0 spiro atoms. The van der Waals surface area contributed by atoms with Gasteiger partial charge in [0, 0.05) is 15.1 Å². The number of carbonyl (C=O) groups excluding carboxylic acids is 1. The molecule has 0 aromatic carbocycles. The van der Waals surface area contributed by atoms with Crippen LogP contribution in [0.3, 0.4) is 0 Å². The Morgan fingerprint density at radius 3 is 3.15 bits per heavy atom. The fourth-order valence-electron chi connectivity index (χ4n) is 3.29. The van der Waals surface area contributed by atoms with Crippen LogP contribution in [0.15, 0.2) is 28.9 Å². The SMILES string of the molecule is C[C@H]1CCc2c(sc3ncnc(S[C@@H](C)C(=O)NCc4cccs4)c23)C1. The summed E-state index contributed by atoms with van der Waals surface area (Å²) in [4.78, 5) is 25.2. The molecule has 0 radical (unpaired) electrons. The molecule has 3 heterocycles. The zero-order chi connectivity index (χ0) is 18.1. The quantitative estimate of drug-likeness (QED) is 0.497. The monoisotopic (exact) mass is 403 g/mol. The molecule has 0 unspecified atom stereocenters. The van der Waals surface area contributed by atoms with Gasteiger partial charge in [-0.3, -0.25) is 4.79 Å². The van der Waals surface area contributed by atoms with Crippen LogP contribution in [0, 0.1) is 5.92 Å². The Morgan fingerprint density at radius 1 is 1.46 bits per heavy atom. The van der Waals surface area contributed by atoms with Crippen LogP contribution < -0.4 is 5.32 Å². The number of amides is 1. The molecule has 1 amide bonds. The van der Waals surface area contributed by atoms with Gasteiger partial charge in [-0.05, 0) is 49.1 Å². The van der Waals surface area contributed by atoms with Gasteiger partial charge in [-0.1, -0.05) is 24.8 Å². The van der Waals surface area contributed by atoms with Gasteiger partial charge in [0.1, 0.15) is 16.2 Å². The predicted octanol–water partition coefficient (Wildman–Crippen LogP) is 4.67. The normalized spacial score (nSPS) is 17.8. The summed E-state index contributed by atoms with van der Waals surface area (Å²) in [6.45, 7) is 4.85. The number of thioether (sulfide) groups is 1. The number of carbonyl (C=O) groups is 1. The summed E-state index contributed by atoms with van der Waals surface area (Å²) < 4.78 is 0. The van der Waals surface area contributed by atoms with E-state index in [2.05, 4.69) is 22.2 Å². The molecule has 0 aliphatic heterocycles. The number of aryl methyl sites for hydroxylation is 1. The average molecular weight is 404 g/mol. The van der Waals surface area contributed by atoms with Crippen molar-refractivity contribution in [2.45, 2.75) is 49.9 Å². The standard InChI is InChI=1S/C19H21N3OS3/c1-11-5-6-14-15(8-11)26-19-16(14)18(21-10-22-19)25-12(2)17(23)20-9-13-4-3-7-24-13/h3-4,7,10-12H,5-6,8-9H2,1-2H3,(H,20,23)/t11-,12-/m0/s1. The number of aromatic nitrogens is 2. The lowest BCUT2D eigenvalue weighted by Gasteiger charge is -2.18. The maximum Gasteiger partial charge on any atom is 0.233 e. The smallest absolute Gasteiger partial charge is 0.233 e. The number of nitrogens with one attached hydrogen (secondary N) is 1. The Morgan fingerprint density at radius 2 is 2.35 bits per heavy atom. The van der Waals surface area contributed by atoms with Gasteiger partial charge in [-0.25, -0.2) is 9.97 Å². The van der Waals surface area contributed by atoms with Crippen molar-refractivity contribution in [1.82, 2.24) is 15.3 Å². The largest absolute Gasteiger partial charge is 0.350 e. The molecule has 2 atom stereocenters. The second-order valence-electron chi connectivity index (χ2n) is 6.77. The molecule has 136 valence electrons. The minimum atomic E-state index is -0.189. The van der Waals surface area contributed by atoms with Crippen LogP contribution in [-0.4, -0.2) is 21.1 Å². The van der Waals surface area contributed by atoms with E-state index in [1.165, 1.54) is 27.1 Å². The summed E-state index contributed by atoms with van der Waals surface area (Å²) in [5, 5.41) is 6.99. The van der Waals surface area contributed by atoms with Crippen LogP contribution in [0.4, 0.5) is 0 Å².